The van der Waals surface area contributed by atoms with Gasteiger partial charge < -0.3 is 10.1 Å². The standard InChI is InChI=1S/C7H8F3N3O2S/c1-2-15-4(14)3-11-6-13-12-5(16-6)7(8,9)10/h2-3H2,1H3,(H,11,13). The van der Waals surface area contributed by atoms with Gasteiger partial charge in [0.25, 0.3) is 0 Å². The van der Waals surface area contributed by atoms with Crippen molar-refractivity contribution in [2.45, 2.75) is 13.1 Å². The van der Waals surface area contributed by atoms with Crippen molar-refractivity contribution in [3.8, 4) is 0 Å². The summed E-state index contributed by atoms with van der Waals surface area (Å²) >= 11 is 0.334. The van der Waals surface area contributed by atoms with Gasteiger partial charge in [-0.15, -0.1) is 10.2 Å². The fraction of sp³-hybridized carbons (Fsp3) is 0.571. The van der Waals surface area contributed by atoms with Crippen LogP contribution in [0.2, 0.25) is 0 Å². The molecule has 1 aromatic heterocycles. The van der Waals surface area contributed by atoms with Gasteiger partial charge in [0.05, 0.1) is 6.61 Å². The predicted octanol–water partition coefficient (Wildman–Crippen LogP) is 1.53. The topological polar surface area (TPSA) is 64.1 Å². The SMILES string of the molecule is CCOC(=O)CNc1nnc(C(F)(F)F)s1. The Morgan fingerprint density at radius 2 is 2.19 bits per heavy atom. The summed E-state index contributed by atoms with van der Waals surface area (Å²) in [6.07, 6.45) is -4.51. The zero-order valence-corrected chi connectivity index (χ0v) is 8.98. The van der Waals surface area contributed by atoms with Gasteiger partial charge in [0.15, 0.2) is 0 Å². The van der Waals surface area contributed by atoms with E-state index in [-0.39, 0.29) is 18.3 Å². The van der Waals surface area contributed by atoms with E-state index in [9.17, 15) is 18.0 Å². The minimum Gasteiger partial charge on any atom is -0.465 e. The molecule has 9 heteroatoms. The van der Waals surface area contributed by atoms with Gasteiger partial charge in [-0.2, -0.15) is 13.2 Å². The number of nitrogens with one attached hydrogen (secondary N) is 1. The van der Waals surface area contributed by atoms with Crippen molar-refractivity contribution in [1.82, 2.24) is 10.2 Å². The third-order valence-corrected chi connectivity index (χ3v) is 2.28. The molecule has 0 radical (unpaired) electrons. The molecule has 0 unspecified atom stereocenters. The lowest BCUT2D eigenvalue weighted by molar-refractivity contribution is -0.141. The molecule has 1 N–H and O–H groups in total. The summed E-state index contributed by atoms with van der Waals surface area (Å²) in [5.41, 5.74) is 0. The maximum absolute atomic E-state index is 12.1. The Kier molecular flexibility index (Phi) is 4.05. The summed E-state index contributed by atoms with van der Waals surface area (Å²) in [5.74, 6) is -0.564. The highest BCUT2D eigenvalue weighted by Crippen LogP contribution is 2.32. The van der Waals surface area contributed by atoms with E-state index in [1.165, 1.54) is 0 Å². The van der Waals surface area contributed by atoms with E-state index in [1.54, 1.807) is 6.92 Å². The number of ether oxygens (including phenoxy) is 1. The van der Waals surface area contributed by atoms with E-state index in [2.05, 4.69) is 20.3 Å². The molecule has 0 aliphatic rings. The van der Waals surface area contributed by atoms with Crippen LogP contribution in [0.25, 0.3) is 0 Å². The average Bonchev–Trinajstić information content (AvgIpc) is 2.63. The van der Waals surface area contributed by atoms with E-state index >= 15 is 0 Å². The molecule has 0 aliphatic heterocycles. The summed E-state index contributed by atoms with van der Waals surface area (Å²) in [6.45, 7) is 1.61. The second kappa shape index (κ2) is 5.10. The fourth-order valence-corrected chi connectivity index (χ4v) is 1.38. The van der Waals surface area contributed by atoms with Gasteiger partial charge in [-0.1, -0.05) is 11.3 Å². The van der Waals surface area contributed by atoms with Crippen molar-refractivity contribution in [3.05, 3.63) is 5.01 Å². The molecule has 1 aromatic rings. The lowest BCUT2D eigenvalue weighted by Crippen LogP contribution is -2.16. The van der Waals surface area contributed by atoms with Gasteiger partial charge in [0.2, 0.25) is 10.1 Å². The molecule has 0 aromatic carbocycles. The van der Waals surface area contributed by atoms with E-state index in [4.69, 9.17) is 0 Å². The Morgan fingerprint density at radius 3 is 2.69 bits per heavy atom. The first kappa shape index (κ1) is 12.7. The van der Waals surface area contributed by atoms with Crippen LogP contribution in [0.3, 0.4) is 0 Å². The number of alkyl halides is 3. The largest absolute Gasteiger partial charge is 0.465 e. The lowest BCUT2D eigenvalue weighted by atomic mass is 10.6. The summed E-state index contributed by atoms with van der Waals surface area (Å²) in [7, 11) is 0. The first-order valence-corrected chi connectivity index (χ1v) is 5.05. The normalized spacial score (nSPS) is 11.2. The van der Waals surface area contributed by atoms with E-state index in [1.807, 2.05) is 0 Å². The Hall–Kier alpha value is -1.38. The third kappa shape index (κ3) is 3.65. The number of carbonyl (C=O) groups excluding carboxylic acids is 1. The van der Waals surface area contributed by atoms with Crippen molar-refractivity contribution in [3.63, 3.8) is 0 Å². The molecule has 16 heavy (non-hydrogen) atoms. The van der Waals surface area contributed by atoms with Gasteiger partial charge in [-0.25, -0.2) is 0 Å². The second-order valence-electron chi connectivity index (χ2n) is 2.57. The van der Waals surface area contributed by atoms with Gasteiger partial charge in [0.1, 0.15) is 6.54 Å². The highest BCUT2D eigenvalue weighted by Gasteiger charge is 2.35. The smallest absolute Gasteiger partial charge is 0.445 e. The van der Waals surface area contributed by atoms with Crippen LogP contribution in [-0.4, -0.2) is 29.3 Å². The molecule has 0 saturated carbocycles. The van der Waals surface area contributed by atoms with Crippen LogP contribution in [0, 0.1) is 0 Å². The van der Waals surface area contributed by atoms with Crippen molar-refractivity contribution in [1.29, 1.82) is 0 Å². The van der Waals surface area contributed by atoms with Crippen LogP contribution in [0.4, 0.5) is 18.3 Å². The van der Waals surface area contributed by atoms with Crippen molar-refractivity contribution < 1.29 is 22.7 Å². The quantitative estimate of drug-likeness (QED) is 0.826. The van der Waals surface area contributed by atoms with E-state index in [0.29, 0.717) is 11.3 Å². The Bertz CT molecular complexity index is 366. The first-order chi connectivity index (χ1) is 7.43. The van der Waals surface area contributed by atoms with Crippen LogP contribution in [0.15, 0.2) is 0 Å². The highest BCUT2D eigenvalue weighted by molar-refractivity contribution is 7.15. The number of carbonyl (C=O) groups is 1. The lowest BCUT2D eigenvalue weighted by Gasteiger charge is -2.01. The van der Waals surface area contributed by atoms with Crippen molar-refractivity contribution >= 4 is 22.4 Å². The maximum Gasteiger partial charge on any atom is 0.445 e. The molecule has 0 amide bonds. The summed E-state index contributed by atoms with van der Waals surface area (Å²) in [5, 5.41) is 7.45. The number of halogens is 3. The first-order valence-electron chi connectivity index (χ1n) is 4.23. The highest BCUT2D eigenvalue weighted by atomic mass is 32.1. The number of nitrogens with zero attached hydrogens (tertiary/aromatic N) is 2. The molecule has 0 aliphatic carbocycles. The summed E-state index contributed by atoms with van der Waals surface area (Å²) < 4.78 is 40.9. The molecule has 0 saturated heterocycles. The molecule has 90 valence electrons. The van der Waals surface area contributed by atoms with Crippen LogP contribution in [-0.2, 0) is 15.7 Å². The third-order valence-electron chi connectivity index (χ3n) is 1.36. The van der Waals surface area contributed by atoms with Crippen molar-refractivity contribution in [2.24, 2.45) is 0 Å². The number of aromatic nitrogens is 2. The molecular formula is C7H8F3N3O2S. The van der Waals surface area contributed by atoms with Gasteiger partial charge in [-0.3, -0.25) is 4.79 Å². The summed E-state index contributed by atoms with van der Waals surface area (Å²) in [6, 6.07) is 0. The predicted molar refractivity (Wildman–Crippen MR) is 50.0 cm³/mol. The van der Waals surface area contributed by atoms with Gasteiger partial charge >= 0.3 is 12.1 Å². The Labute approximate surface area is 92.6 Å². The van der Waals surface area contributed by atoms with Crippen LogP contribution in [0.5, 0.6) is 0 Å². The van der Waals surface area contributed by atoms with E-state index < -0.39 is 17.2 Å². The Morgan fingerprint density at radius 1 is 1.50 bits per heavy atom. The zero-order chi connectivity index (χ0) is 12.2. The fourth-order valence-electron chi connectivity index (χ4n) is 0.769. The van der Waals surface area contributed by atoms with Crippen molar-refractivity contribution in [2.75, 3.05) is 18.5 Å². The molecule has 5 nitrogen and oxygen atoms in total. The maximum atomic E-state index is 12.1. The van der Waals surface area contributed by atoms with Crippen LogP contribution in [0.1, 0.15) is 11.9 Å². The number of hydrogen-bond acceptors (Lipinski definition) is 6. The summed E-state index contributed by atoms with van der Waals surface area (Å²) in [4.78, 5) is 10.9. The Balaban J connectivity index is 2.50. The second-order valence-corrected chi connectivity index (χ2v) is 3.55. The number of rotatable bonds is 4. The molecule has 0 atom stereocenters. The molecular weight excluding hydrogens is 247 g/mol. The zero-order valence-electron chi connectivity index (χ0n) is 8.17. The number of hydrogen-bond donors (Lipinski definition) is 1. The molecule has 1 heterocycles. The monoisotopic (exact) mass is 255 g/mol. The molecule has 0 bridgehead atoms. The van der Waals surface area contributed by atoms with Crippen LogP contribution >= 0.6 is 11.3 Å². The minimum absolute atomic E-state index is 0.0691. The molecule has 0 fully saturated rings. The van der Waals surface area contributed by atoms with Crippen LogP contribution < -0.4 is 5.32 Å². The number of anilines is 1. The van der Waals surface area contributed by atoms with Gasteiger partial charge in [0, 0.05) is 0 Å². The molecule has 0 spiro atoms. The van der Waals surface area contributed by atoms with E-state index in [0.717, 1.165) is 0 Å². The number of esters is 1. The molecule has 1 rings (SSSR count). The minimum atomic E-state index is -4.51. The van der Waals surface area contributed by atoms with Gasteiger partial charge in [-0.05, 0) is 6.92 Å². The average molecular weight is 255 g/mol.